The van der Waals surface area contributed by atoms with Crippen molar-refractivity contribution < 1.29 is 33.6 Å². The lowest BCUT2D eigenvalue weighted by atomic mass is 9.63. The Bertz CT molecular complexity index is 1110. The van der Waals surface area contributed by atoms with Crippen LogP contribution in [0.5, 0.6) is 11.5 Å². The molecule has 0 aromatic heterocycles. The summed E-state index contributed by atoms with van der Waals surface area (Å²) in [5.41, 5.74) is 0.404. The summed E-state index contributed by atoms with van der Waals surface area (Å²) in [5, 5.41) is 12.8. The highest BCUT2D eigenvalue weighted by atomic mass is 32.2. The number of aliphatic hydroxyl groups is 1. The van der Waals surface area contributed by atoms with Crippen LogP contribution in [-0.2, 0) is 9.47 Å². The van der Waals surface area contributed by atoms with Gasteiger partial charge in [0.25, 0.3) is 0 Å². The second-order valence-electron chi connectivity index (χ2n) is 8.37. The molecule has 1 saturated heterocycles. The largest absolute Gasteiger partial charge is 0.495 e. The lowest BCUT2D eigenvalue weighted by molar-refractivity contribution is -0.206. The highest BCUT2D eigenvalue weighted by Gasteiger charge is 2.66. The van der Waals surface area contributed by atoms with Gasteiger partial charge >= 0.3 is 0 Å². The molecule has 1 saturated carbocycles. The van der Waals surface area contributed by atoms with E-state index in [4.69, 9.17) is 18.9 Å². The first-order chi connectivity index (χ1) is 15.4. The van der Waals surface area contributed by atoms with E-state index in [9.17, 15) is 14.7 Å². The Morgan fingerprint density at radius 2 is 1.62 bits per heavy atom. The van der Waals surface area contributed by atoms with Crippen LogP contribution in [-0.4, -0.2) is 66.5 Å². The topological polar surface area (TPSA) is 91.3 Å². The summed E-state index contributed by atoms with van der Waals surface area (Å²) in [4.78, 5) is 28.4. The van der Waals surface area contributed by atoms with Gasteiger partial charge in [0.1, 0.15) is 16.2 Å². The summed E-state index contributed by atoms with van der Waals surface area (Å²) in [6, 6.07) is 7.38. The van der Waals surface area contributed by atoms with Crippen molar-refractivity contribution in [3.8, 4) is 11.5 Å². The standard InChI is InChI=1S/C24H26O7S/c1-4-32-24-15(11-23(12-16(24)25)30-9-10-31-23)19(26)17-18(22(24)27)21(29-3)14-8-6-5-7-13(14)20(17)28-2/h5-8,15-16,25H,4,9-12H2,1-3H3/t15-,16-,24-/m0/s1. The molecule has 0 radical (unpaired) electrons. The molecule has 5 rings (SSSR count). The molecular weight excluding hydrogens is 432 g/mol. The van der Waals surface area contributed by atoms with E-state index in [1.165, 1.54) is 26.0 Å². The van der Waals surface area contributed by atoms with E-state index in [1.54, 1.807) is 0 Å². The van der Waals surface area contributed by atoms with Crippen molar-refractivity contribution in [2.24, 2.45) is 5.92 Å². The second-order valence-corrected chi connectivity index (χ2v) is 9.91. The van der Waals surface area contributed by atoms with E-state index in [2.05, 4.69) is 0 Å². The lowest BCUT2D eigenvalue weighted by Gasteiger charge is -2.52. The number of carbonyl (C=O) groups excluding carboxylic acids is 2. The van der Waals surface area contributed by atoms with Gasteiger partial charge in [-0.3, -0.25) is 9.59 Å². The molecule has 7 nitrogen and oxygen atoms in total. The molecule has 1 aliphatic heterocycles. The van der Waals surface area contributed by atoms with Gasteiger partial charge in [0, 0.05) is 23.6 Å². The van der Waals surface area contributed by atoms with Crippen molar-refractivity contribution in [1.29, 1.82) is 0 Å². The SMILES string of the molecule is CCS[C@@]12C(=O)c3c(c(OC)c4ccccc4c3OC)C(=O)[C@@H]1CC1(C[C@@H]2O)OCCO1. The minimum Gasteiger partial charge on any atom is -0.495 e. The number of carbonyl (C=O) groups is 2. The van der Waals surface area contributed by atoms with Crippen LogP contribution >= 0.6 is 11.8 Å². The summed E-state index contributed by atoms with van der Waals surface area (Å²) in [7, 11) is 2.99. The predicted molar refractivity (Wildman–Crippen MR) is 120 cm³/mol. The van der Waals surface area contributed by atoms with E-state index >= 15 is 0 Å². The molecular formula is C24H26O7S. The Balaban J connectivity index is 1.82. The number of benzene rings is 2. The number of Topliss-reactive ketones (excluding diaryl/α,β-unsaturated/α-hetero) is 2. The number of ether oxygens (including phenoxy) is 4. The van der Waals surface area contributed by atoms with E-state index in [0.717, 1.165) is 0 Å². The van der Waals surface area contributed by atoms with Crippen molar-refractivity contribution in [2.45, 2.75) is 36.4 Å². The van der Waals surface area contributed by atoms with Gasteiger partial charge in [-0.2, -0.15) is 0 Å². The van der Waals surface area contributed by atoms with Gasteiger partial charge in [0.05, 0.1) is 50.6 Å². The number of hydrogen-bond acceptors (Lipinski definition) is 8. The molecule has 0 bridgehead atoms. The monoisotopic (exact) mass is 458 g/mol. The predicted octanol–water partition coefficient (Wildman–Crippen LogP) is 3.24. The van der Waals surface area contributed by atoms with E-state index in [0.29, 0.717) is 41.2 Å². The molecule has 3 atom stereocenters. The van der Waals surface area contributed by atoms with Crippen LogP contribution < -0.4 is 9.47 Å². The van der Waals surface area contributed by atoms with Crippen molar-refractivity contribution in [2.75, 3.05) is 33.2 Å². The number of thioether (sulfide) groups is 1. The third-order valence-corrected chi connectivity index (χ3v) is 8.41. The Kier molecular flexibility index (Phi) is 5.24. The third kappa shape index (κ3) is 2.73. The first-order valence-corrected chi connectivity index (χ1v) is 11.8. The van der Waals surface area contributed by atoms with Crippen LogP contribution in [0.4, 0.5) is 0 Å². The van der Waals surface area contributed by atoms with Crippen molar-refractivity contribution in [3.63, 3.8) is 0 Å². The molecule has 1 N–H and O–H groups in total. The zero-order valence-electron chi connectivity index (χ0n) is 18.3. The van der Waals surface area contributed by atoms with Crippen LogP contribution in [0.3, 0.4) is 0 Å². The average molecular weight is 459 g/mol. The molecule has 1 heterocycles. The van der Waals surface area contributed by atoms with Gasteiger partial charge in [0.15, 0.2) is 17.4 Å². The normalized spacial score (nSPS) is 28.6. The highest BCUT2D eigenvalue weighted by Crippen LogP contribution is 2.58. The van der Waals surface area contributed by atoms with E-state index < -0.39 is 22.6 Å². The lowest BCUT2D eigenvalue weighted by Crippen LogP contribution is -2.65. The van der Waals surface area contributed by atoms with E-state index in [1.807, 2.05) is 31.2 Å². The third-order valence-electron chi connectivity index (χ3n) is 6.90. The summed E-state index contributed by atoms with van der Waals surface area (Å²) in [6.07, 6.45) is -0.770. The molecule has 170 valence electrons. The zero-order chi connectivity index (χ0) is 22.7. The zero-order valence-corrected chi connectivity index (χ0v) is 19.1. The number of rotatable bonds is 4. The number of ketones is 2. The van der Waals surface area contributed by atoms with Crippen LogP contribution in [0, 0.1) is 5.92 Å². The number of hydrogen-bond donors (Lipinski definition) is 1. The minimum atomic E-state index is -1.33. The maximum Gasteiger partial charge on any atom is 0.186 e. The molecule has 0 unspecified atom stereocenters. The molecule has 2 aromatic rings. The van der Waals surface area contributed by atoms with Gasteiger partial charge < -0.3 is 24.1 Å². The average Bonchev–Trinajstić information content (AvgIpc) is 3.24. The quantitative estimate of drug-likeness (QED) is 0.747. The van der Waals surface area contributed by atoms with Crippen LogP contribution in [0.1, 0.15) is 40.5 Å². The summed E-state index contributed by atoms with van der Waals surface area (Å²) < 4.78 is 21.8. The van der Waals surface area contributed by atoms with Gasteiger partial charge in [-0.05, 0) is 5.75 Å². The van der Waals surface area contributed by atoms with Gasteiger partial charge in [-0.1, -0.05) is 31.2 Å². The van der Waals surface area contributed by atoms with Crippen LogP contribution in [0.2, 0.25) is 0 Å². The van der Waals surface area contributed by atoms with Gasteiger partial charge in [-0.15, -0.1) is 11.8 Å². The Morgan fingerprint density at radius 1 is 1.03 bits per heavy atom. The molecule has 32 heavy (non-hydrogen) atoms. The number of fused-ring (bicyclic) bond motifs is 3. The maximum atomic E-state index is 14.3. The van der Waals surface area contributed by atoms with Crippen molar-refractivity contribution in [3.05, 3.63) is 35.4 Å². The second kappa shape index (κ2) is 7.73. The summed E-state index contributed by atoms with van der Waals surface area (Å²) in [6.45, 7) is 2.71. The Labute approximate surface area is 190 Å². The fourth-order valence-electron chi connectivity index (χ4n) is 5.68. The smallest absolute Gasteiger partial charge is 0.186 e. The van der Waals surface area contributed by atoms with Gasteiger partial charge in [-0.25, -0.2) is 0 Å². The molecule has 1 spiro atoms. The molecule has 2 aliphatic carbocycles. The fourth-order valence-corrected chi connectivity index (χ4v) is 7.05. The van der Waals surface area contributed by atoms with Crippen molar-refractivity contribution >= 4 is 34.1 Å². The Hall–Kier alpha value is -2.13. The highest BCUT2D eigenvalue weighted by molar-refractivity contribution is 8.01. The molecule has 3 aliphatic rings. The number of aliphatic hydroxyl groups excluding tert-OH is 1. The van der Waals surface area contributed by atoms with Crippen LogP contribution in [0.25, 0.3) is 10.8 Å². The first kappa shape index (κ1) is 21.7. The molecule has 2 aromatic carbocycles. The summed E-state index contributed by atoms with van der Waals surface area (Å²) >= 11 is 1.32. The van der Waals surface area contributed by atoms with Gasteiger partial charge in [0.2, 0.25) is 0 Å². The maximum absolute atomic E-state index is 14.3. The molecule has 8 heteroatoms. The van der Waals surface area contributed by atoms with Crippen molar-refractivity contribution in [1.82, 2.24) is 0 Å². The van der Waals surface area contributed by atoms with E-state index in [-0.39, 0.29) is 35.5 Å². The molecule has 0 amide bonds. The first-order valence-electron chi connectivity index (χ1n) is 10.8. The number of methoxy groups -OCH3 is 2. The Morgan fingerprint density at radius 3 is 2.19 bits per heavy atom. The summed E-state index contributed by atoms with van der Waals surface area (Å²) in [5.74, 6) is -1.16. The molecule has 2 fully saturated rings. The fraction of sp³-hybridized carbons (Fsp3) is 0.500. The minimum absolute atomic E-state index is 0.137. The van der Waals surface area contributed by atoms with Crippen LogP contribution in [0.15, 0.2) is 24.3 Å².